The van der Waals surface area contributed by atoms with Gasteiger partial charge in [0.1, 0.15) is 18.4 Å². The summed E-state index contributed by atoms with van der Waals surface area (Å²) in [7, 11) is -1.27. The van der Waals surface area contributed by atoms with Crippen LogP contribution in [-0.4, -0.2) is 58.9 Å². The van der Waals surface area contributed by atoms with Crippen molar-refractivity contribution in [2.45, 2.75) is 24.8 Å². The zero-order chi connectivity index (χ0) is 28.0. The number of ether oxygens (including phenoxy) is 3. The lowest BCUT2D eigenvalue weighted by atomic mass is 10.1. The molecule has 4 rings (SSSR count). The molecule has 3 aromatic carbocycles. The molecule has 9 nitrogen and oxygen atoms in total. The van der Waals surface area contributed by atoms with Crippen LogP contribution in [0.2, 0.25) is 0 Å². The number of carbonyl (C=O) groups is 1. The number of benzene rings is 3. The van der Waals surface area contributed by atoms with E-state index in [1.54, 1.807) is 12.1 Å². The fraction of sp³-hybridized carbons (Fsp3) is 0.286. The van der Waals surface area contributed by atoms with Crippen molar-refractivity contribution in [3.8, 4) is 17.2 Å². The van der Waals surface area contributed by atoms with Crippen molar-refractivity contribution in [1.82, 2.24) is 5.43 Å². The summed E-state index contributed by atoms with van der Waals surface area (Å²) < 4.78 is 45.1. The number of methoxy groups -OCH3 is 2. The Balaban J connectivity index is 1.55. The van der Waals surface area contributed by atoms with E-state index in [9.17, 15) is 13.2 Å². The van der Waals surface area contributed by atoms with E-state index in [1.807, 2.05) is 55.9 Å². The molecule has 1 aliphatic heterocycles. The Hall–Kier alpha value is -3.70. The molecule has 39 heavy (non-hydrogen) atoms. The first-order valence-electron chi connectivity index (χ1n) is 12.2. The minimum absolute atomic E-state index is 0.0442. The fourth-order valence-corrected chi connectivity index (χ4v) is 5.99. The van der Waals surface area contributed by atoms with E-state index in [1.165, 1.54) is 38.6 Å². The highest BCUT2D eigenvalue weighted by molar-refractivity contribution is 8.00. The van der Waals surface area contributed by atoms with Gasteiger partial charge >= 0.3 is 0 Å². The molecule has 0 spiro atoms. The van der Waals surface area contributed by atoms with E-state index >= 15 is 0 Å². The lowest BCUT2D eigenvalue weighted by Crippen LogP contribution is -2.39. The number of rotatable bonds is 11. The van der Waals surface area contributed by atoms with Gasteiger partial charge in [0.2, 0.25) is 0 Å². The van der Waals surface area contributed by atoms with Gasteiger partial charge in [-0.15, -0.1) is 0 Å². The van der Waals surface area contributed by atoms with Crippen molar-refractivity contribution in [3.05, 3.63) is 77.4 Å². The standard InChI is InChI=1S/C28H31N3O6S2/c1-19-10-20(2)12-22(11-19)31(39(33,34)25-8-9-26(35-3)27(14-25)36-4)16-28(32)30-29-15-21-6-5-7-23(13-21)37-24-17-38-18-24/h5-15,24H,16-18H2,1-4H3,(H,30,32)/b29-15-. The molecule has 1 saturated heterocycles. The van der Waals surface area contributed by atoms with Gasteiger partial charge in [0, 0.05) is 17.6 Å². The number of thioether (sulfide) groups is 1. The molecule has 0 saturated carbocycles. The number of hydrogen-bond acceptors (Lipinski definition) is 8. The van der Waals surface area contributed by atoms with E-state index in [2.05, 4.69) is 10.5 Å². The van der Waals surface area contributed by atoms with Crippen molar-refractivity contribution >= 4 is 39.6 Å². The monoisotopic (exact) mass is 569 g/mol. The van der Waals surface area contributed by atoms with Crippen molar-refractivity contribution in [2.24, 2.45) is 5.10 Å². The SMILES string of the molecule is COc1ccc(S(=O)(=O)N(CC(=O)N/N=C\c2cccc(OC3CSC3)c2)c2cc(C)cc(C)c2)cc1OC. The highest BCUT2D eigenvalue weighted by atomic mass is 32.2. The molecule has 0 bridgehead atoms. The highest BCUT2D eigenvalue weighted by Gasteiger charge is 2.29. The molecule has 1 fully saturated rings. The number of amides is 1. The number of hydrogen-bond donors (Lipinski definition) is 1. The van der Waals surface area contributed by atoms with Gasteiger partial charge in [-0.2, -0.15) is 16.9 Å². The van der Waals surface area contributed by atoms with Gasteiger partial charge in [-0.25, -0.2) is 13.8 Å². The minimum atomic E-state index is -4.16. The Morgan fingerprint density at radius 1 is 1.03 bits per heavy atom. The Labute approximate surface area is 233 Å². The summed E-state index contributed by atoms with van der Waals surface area (Å²) in [6, 6.07) is 17.1. The van der Waals surface area contributed by atoms with Crippen LogP contribution in [0.15, 0.2) is 70.7 Å². The van der Waals surface area contributed by atoms with Gasteiger partial charge in [-0.05, 0) is 66.9 Å². The second-order valence-electron chi connectivity index (χ2n) is 9.02. The van der Waals surface area contributed by atoms with Crippen LogP contribution in [0.4, 0.5) is 5.69 Å². The predicted molar refractivity (Wildman–Crippen MR) is 154 cm³/mol. The molecule has 1 N–H and O–H groups in total. The van der Waals surface area contributed by atoms with Gasteiger partial charge in [0.25, 0.3) is 15.9 Å². The predicted octanol–water partition coefficient (Wildman–Crippen LogP) is 4.16. The molecular weight excluding hydrogens is 538 g/mol. The number of hydrazone groups is 1. The molecule has 11 heteroatoms. The van der Waals surface area contributed by atoms with Crippen molar-refractivity contribution < 1.29 is 27.4 Å². The zero-order valence-electron chi connectivity index (χ0n) is 22.2. The van der Waals surface area contributed by atoms with Gasteiger partial charge in [0.15, 0.2) is 11.5 Å². The molecule has 0 atom stereocenters. The van der Waals surface area contributed by atoms with Crippen molar-refractivity contribution in [2.75, 3.05) is 36.6 Å². The number of aryl methyl sites for hydroxylation is 2. The van der Waals surface area contributed by atoms with E-state index in [4.69, 9.17) is 14.2 Å². The smallest absolute Gasteiger partial charge is 0.264 e. The van der Waals surface area contributed by atoms with Crippen LogP contribution in [0.3, 0.4) is 0 Å². The summed E-state index contributed by atoms with van der Waals surface area (Å²) in [6.07, 6.45) is 1.70. The molecule has 0 unspecified atom stereocenters. The topological polar surface area (TPSA) is 107 Å². The number of sulfonamides is 1. The number of nitrogens with one attached hydrogen (secondary N) is 1. The van der Waals surface area contributed by atoms with Crippen LogP contribution in [0.5, 0.6) is 17.2 Å². The summed E-state index contributed by atoms with van der Waals surface area (Å²) in [4.78, 5) is 12.9. The second-order valence-corrected chi connectivity index (χ2v) is 12.0. The first-order chi connectivity index (χ1) is 18.7. The minimum Gasteiger partial charge on any atom is -0.493 e. The van der Waals surface area contributed by atoms with Crippen LogP contribution in [-0.2, 0) is 14.8 Å². The normalized spacial score (nSPS) is 13.5. The van der Waals surface area contributed by atoms with E-state index < -0.39 is 22.5 Å². The van der Waals surface area contributed by atoms with Crippen LogP contribution in [0.1, 0.15) is 16.7 Å². The van der Waals surface area contributed by atoms with Gasteiger partial charge in [-0.3, -0.25) is 9.10 Å². The maximum atomic E-state index is 13.8. The largest absolute Gasteiger partial charge is 0.493 e. The maximum Gasteiger partial charge on any atom is 0.264 e. The van der Waals surface area contributed by atoms with Crippen molar-refractivity contribution in [3.63, 3.8) is 0 Å². The summed E-state index contributed by atoms with van der Waals surface area (Å²) in [6.45, 7) is 3.24. The lowest BCUT2D eigenvalue weighted by molar-refractivity contribution is -0.119. The van der Waals surface area contributed by atoms with Crippen LogP contribution in [0.25, 0.3) is 0 Å². The average molecular weight is 570 g/mol. The average Bonchev–Trinajstić information content (AvgIpc) is 2.88. The summed E-state index contributed by atoms with van der Waals surface area (Å²) in [5.74, 6) is 2.72. The lowest BCUT2D eigenvalue weighted by Gasteiger charge is -2.25. The number of nitrogens with zero attached hydrogens (tertiary/aromatic N) is 2. The molecule has 1 aliphatic rings. The van der Waals surface area contributed by atoms with Gasteiger partial charge in [0.05, 0.1) is 31.0 Å². The molecule has 3 aromatic rings. The Bertz CT molecular complexity index is 1450. The molecule has 0 aliphatic carbocycles. The molecule has 0 radical (unpaired) electrons. The van der Waals surface area contributed by atoms with Gasteiger partial charge in [-0.1, -0.05) is 18.2 Å². The molecule has 206 valence electrons. The molecule has 1 heterocycles. The molecule has 0 aromatic heterocycles. The van der Waals surface area contributed by atoms with Crippen LogP contribution < -0.4 is 23.9 Å². The fourth-order valence-electron chi connectivity index (χ4n) is 4.00. The van der Waals surface area contributed by atoms with Gasteiger partial charge < -0.3 is 14.2 Å². The van der Waals surface area contributed by atoms with Crippen LogP contribution in [0, 0.1) is 13.8 Å². The Morgan fingerprint density at radius 2 is 1.74 bits per heavy atom. The third kappa shape index (κ3) is 7.04. The third-order valence-electron chi connectivity index (χ3n) is 5.90. The summed E-state index contributed by atoms with van der Waals surface area (Å²) in [5.41, 5.74) is 5.26. The maximum absolute atomic E-state index is 13.8. The molecular formula is C28H31N3O6S2. The van der Waals surface area contributed by atoms with Crippen LogP contribution >= 0.6 is 11.8 Å². The van der Waals surface area contributed by atoms with E-state index in [-0.39, 0.29) is 16.7 Å². The summed E-state index contributed by atoms with van der Waals surface area (Å²) in [5, 5.41) is 4.04. The first-order valence-corrected chi connectivity index (χ1v) is 14.8. The summed E-state index contributed by atoms with van der Waals surface area (Å²) >= 11 is 1.84. The number of anilines is 1. The first kappa shape index (κ1) is 28.3. The zero-order valence-corrected chi connectivity index (χ0v) is 23.8. The molecule has 1 amide bonds. The highest BCUT2D eigenvalue weighted by Crippen LogP contribution is 2.32. The third-order valence-corrected chi connectivity index (χ3v) is 8.88. The van der Waals surface area contributed by atoms with Crippen molar-refractivity contribution in [1.29, 1.82) is 0 Å². The van der Waals surface area contributed by atoms with E-state index in [0.29, 0.717) is 11.4 Å². The number of carbonyl (C=O) groups excluding carboxylic acids is 1. The Kier molecular flexibility index (Phi) is 9.03. The quantitative estimate of drug-likeness (QED) is 0.273. The Morgan fingerprint density at radius 3 is 2.38 bits per heavy atom. The second kappa shape index (κ2) is 12.4. The van der Waals surface area contributed by atoms with E-state index in [0.717, 1.165) is 38.3 Å².